The van der Waals surface area contributed by atoms with Gasteiger partial charge in [-0.3, -0.25) is 0 Å². The predicted octanol–water partition coefficient (Wildman–Crippen LogP) is 2.52. The average Bonchev–Trinajstić information content (AvgIpc) is 2.79. The predicted molar refractivity (Wildman–Crippen MR) is 55.5 cm³/mol. The number of ether oxygens (including phenoxy) is 1. The second-order valence-electron chi connectivity index (χ2n) is 4.02. The third-order valence-electron chi connectivity index (χ3n) is 3.08. The van der Waals surface area contributed by atoms with Crippen molar-refractivity contribution in [3.8, 4) is 0 Å². The molecule has 0 amide bonds. The number of aromatic nitrogens is 2. The molecule has 1 saturated heterocycles. The number of hydrogen-bond donors (Lipinski definition) is 0. The zero-order valence-corrected chi connectivity index (χ0v) is 8.73. The van der Waals surface area contributed by atoms with Gasteiger partial charge >= 0.3 is 0 Å². The smallest absolute Gasteiger partial charge is 0.118 e. The van der Waals surface area contributed by atoms with Crippen LogP contribution in [-0.4, -0.2) is 16.2 Å². The molecule has 0 N–H and O–H groups in total. The Morgan fingerprint density at radius 3 is 3.21 bits per heavy atom. The van der Waals surface area contributed by atoms with E-state index < -0.39 is 0 Å². The van der Waals surface area contributed by atoms with Gasteiger partial charge in [-0.2, -0.15) is 0 Å². The minimum atomic E-state index is 0.213. The molecule has 1 aromatic heterocycles. The molecule has 0 aliphatic carbocycles. The number of imidazole rings is 1. The largest absolute Gasteiger partial charge is 0.496 e. The van der Waals surface area contributed by atoms with Crippen LogP contribution in [0, 0.1) is 5.41 Å². The van der Waals surface area contributed by atoms with Gasteiger partial charge in [0.25, 0.3) is 0 Å². The molecule has 1 fully saturated rings. The topological polar surface area (TPSA) is 27.1 Å². The molecule has 0 saturated carbocycles. The SMILES string of the molecule is CCC1(C)CCOC1=Cn1ccnc1. The van der Waals surface area contributed by atoms with E-state index in [0.717, 1.165) is 25.2 Å². The van der Waals surface area contributed by atoms with Crippen molar-refractivity contribution in [2.24, 2.45) is 5.41 Å². The van der Waals surface area contributed by atoms with Crippen LogP contribution in [0.4, 0.5) is 0 Å². The van der Waals surface area contributed by atoms with E-state index in [1.54, 1.807) is 12.5 Å². The van der Waals surface area contributed by atoms with Crippen LogP contribution < -0.4 is 0 Å². The first-order valence-corrected chi connectivity index (χ1v) is 5.07. The highest BCUT2D eigenvalue weighted by molar-refractivity contribution is 5.32. The number of rotatable bonds is 2. The van der Waals surface area contributed by atoms with Gasteiger partial charge in [-0.15, -0.1) is 0 Å². The van der Waals surface area contributed by atoms with Crippen molar-refractivity contribution in [1.29, 1.82) is 0 Å². The lowest BCUT2D eigenvalue weighted by atomic mass is 9.84. The standard InChI is InChI=1S/C11H16N2O/c1-3-11(2)4-7-14-10(11)8-13-6-5-12-9-13/h5-6,8-9H,3-4,7H2,1-2H3. The van der Waals surface area contributed by atoms with Crippen molar-refractivity contribution < 1.29 is 4.74 Å². The monoisotopic (exact) mass is 192 g/mol. The fourth-order valence-corrected chi connectivity index (χ4v) is 1.71. The summed E-state index contributed by atoms with van der Waals surface area (Å²) in [5.74, 6) is 1.08. The summed E-state index contributed by atoms with van der Waals surface area (Å²) in [6, 6.07) is 0. The molecule has 76 valence electrons. The van der Waals surface area contributed by atoms with E-state index in [1.165, 1.54) is 0 Å². The maximum absolute atomic E-state index is 5.65. The molecule has 3 heteroatoms. The lowest BCUT2D eigenvalue weighted by Crippen LogP contribution is -2.12. The molecule has 2 heterocycles. The van der Waals surface area contributed by atoms with Crippen molar-refractivity contribution in [3.63, 3.8) is 0 Å². The van der Waals surface area contributed by atoms with E-state index in [9.17, 15) is 0 Å². The van der Waals surface area contributed by atoms with Crippen LogP contribution in [0.1, 0.15) is 26.7 Å². The van der Waals surface area contributed by atoms with Crippen LogP contribution in [0.15, 0.2) is 24.5 Å². The van der Waals surface area contributed by atoms with Gasteiger partial charge in [-0.1, -0.05) is 13.8 Å². The van der Waals surface area contributed by atoms with Crippen molar-refractivity contribution in [1.82, 2.24) is 9.55 Å². The Hall–Kier alpha value is -1.25. The minimum absolute atomic E-state index is 0.213. The van der Waals surface area contributed by atoms with Gasteiger partial charge in [0.05, 0.1) is 12.9 Å². The Labute approximate surface area is 84.4 Å². The van der Waals surface area contributed by atoms with Gasteiger partial charge < -0.3 is 9.30 Å². The number of nitrogens with zero attached hydrogens (tertiary/aromatic N) is 2. The third-order valence-corrected chi connectivity index (χ3v) is 3.08. The van der Waals surface area contributed by atoms with E-state index in [-0.39, 0.29) is 5.41 Å². The van der Waals surface area contributed by atoms with Crippen LogP contribution >= 0.6 is 0 Å². The van der Waals surface area contributed by atoms with Gasteiger partial charge in [0.15, 0.2) is 0 Å². The summed E-state index contributed by atoms with van der Waals surface area (Å²) in [5.41, 5.74) is 0.213. The molecule has 0 radical (unpaired) electrons. The maximum Gasteiger partial charge on any atom is 0.118 e. The molecule has 0 aromatic carbocycles. The zero-order chi connectivity index (χ0) is 10.0. The Balaban J connectivity index is 2.25. The van der Waals surface area contributed by atoms with Gasteiger partial charge in [-0.05, 0) is 12.8 Å². The molecule has 1 atom stereocenters. The fourth-order valence-electron chi connectivity index (χ4n) is 1.71. The Bertz CT molecular complexity index is 329. The summed E-state index contributed by atoms with van der Waals surface area (Å²) in [5, 5.41) is 0. The molecule has 1 aliphatic rings. The highest BCUT2D eigenvalue weighted by atomic mass is 16.5. The first-order chi connectivity index (χ1) is 6.74. The molecule has 0 spiro atoms. The maximum atomic E-state index is 5.65. The second-order valence-corrected chi connectivity index (χ2v) is 4.02. The molecule has 1 aromatic rings. The molecule has 14 heavy (non-hydrogen) atoms. The lowest BCUT2D eigenvalue weighted by molar-refractivity contribution is 0.247. The van der Waals surface area contributed by atoms with Crippen LogP contribution in [-0.2, 0) is 4.74 Å². The first-order valence-electron chi connectivity index (χ1n) is 5.07. The lowest BCUT2D eigenvalue weighted by Gasteiger charge is -2.20. The highest BCUT2D eigenvalue weighted by Gasteiger charge is 2.34. The zero-order valence-electron chi connectivity index (χ0n) is 8.73. The van der Waals surface area contributed by atoms with Gasteiger partial charge in [-0.25, -0.2) is 4.98 Å². The summed E-state index contributed by atoms with van der Waals surface area (Å²) in [4.78, 5) is 4.00. The van der Waals surface area contributed by atoms with Gasteiger partial charge in [0.1, 0.15) is 5.76 Å². The molecule has 0 bridgehead atoms. The van der Waals surface area contributed by atoms with Gasteiger partial charge in [0, 0.05) is 24.0 Å². The van der Waals surface area contributed by atoms with Crippen molar-refractivity contribution in [3.05, 3.63) is 24.5 Å². The Kier molecular flexibility index (Phi) is 2.32. The molecular formula is C11H16N2O. The third kappa shape index (κ3) is 1.54. The van der Waals surface area contributed by atoms with E-state index in [1.807, 2.05) is 17.0 Å². The van der Waals surface area contributed by atoms with E-state index in [4.69, 9.17) is 4.74 Å². The van der Waals surface area contributed by atoms with Crippen molar-refractivity contribution >= 4 is 6.20 Å². The van der Waals surface area contributed by atoms with E-state index >= 15 is 0 Å². The molecule has 1 unspecified atom stereocenters. The van der Waals surface area contributed by atoms with E-state index in [0.29, 0.717) is 0 Å². The van der Waals surface area contributed by atoms with Crippen LogP contribution in [0.3, 0.4) is 0 Å². The Morgan fingerprint density at radius 1 is 1.71 bits per heavy atom. The van der Waals surface area contributed by atoms with E-state index in [2.05, 4.69) is 18.8 Å². The van der Waals surface area contributed by atoms with Crippen molar-refractivity contribution in [2.45, 2.75) is 26.7 Å². The molecule has 3 nitrogen and oxygen atoms in total. The molecule has 2 rings (SSSR count). The quantitative estimate of drug-likeness (QED) is 0.720. The van der Waals surface area contributed by atoms with Crippen molar-refractivity contribution in [2.75, 3.05) is 6.61 Å². The number of allylic oxidation sites excluding steroid dienone is 1. The fraction of sp³-hybridized carbons (Fsp3) is 0.545. The minimum Gasteiger partial charge on any atom is -0.496 e. The second kappa shape index (κ2) is 3.48. The first kappa shape index (κ1) is 9.31. The molecular weight excluding hydrogens is 176 g/mol. The Morgan fingerprint density at radius 2 is 2.57 bits per heavy atom. The average molecular weight is 192 g/mol. The van der Waals surface area contributed by atoms with Crippen LogP contribution in [0.5, 0.6) is 0 Å². The summed E-state index contributed by atoms with van der Waals surface area (Å²) >= 11 is 0. The summed E-state index contributed by atoms with van der Waals surface area (Å²) < 4.78 is 7.58. The summed E-state index contributed by atoms with van der Waals surface area (Å²) in [7, 11) is 0. The van der Waals surface area contributed by atoms with Gasteiger partial charge in [0.2, 0.25) is 0 Å². The normalized spacial score (nSPS) is 29.4. The summed E-state index contributed by atoms with van der Waals surface area (Å²) in [6.07, 6.45) is 9.74. The van der Waals surface area contributed by atoms with Crippen LogP contribution in [0.2, 0.25) is 0 Å². The highest BCUT2D eigenvalue weighted by Crippen LogP contribution is 2.40. The van der Waals surface area contributed by atoms with Crippen LogP contribution in [0.25, 0.3) is 6.20 Å². The number of hydrogen-bond acceptors (Lipinski definition) is 2. The molecule has 1 aliphatic heterocycles. The summed E-state index contributed by atoms with van der Waals surface area (Å²) in [6.45, 7) is 5.30.